The standard InChI is InChI=1S/C13H10ClO2/c14-12-3-1-2-4-13(12)16-11-7-5-10(9-15)6-8-11/h1-8H,9H2. The van der Waals surface area contributed by atoms with Crippen molar-refractivity contribution in [2.75, 3.05) is 0 Å². The van der Waals surface area contributed by atoms with Gasteiger partial charge in [0.1, 0.15) is 18.1 Å². The Morgan fingerprint density at radius 3 is 2.31 bits per heavy atom. The molecule has 2 rings (SSSR count). The van der Waals surface area contributed by atoms with Crippen LogP contribution in [0.15, 0.2) is 48.5 Å². The number of hydrogen-bond acceptors (Lipinski definition) is 1. The summed E-state index contributed by atoms with van der Waals surface area (Å²) in [6.07, 6.45) is 0. The molecule has 16 heavy (non-hydrogen) atoms. The van der Waals surface area contributed by atoms with Crippen molar-refractivity contribution >= 4 is 11.6 Å². The molecule has 0 aliphatic heterocycles. The van der Waals surface area contributed by atoms with Crippen molar-refractivity contribution in [1.29, 1.82) is 0 Å². The van der Waals surface area contributed by atoms with E-state index < -0.39 is 0 Å². The van der Waals surface area contributed by atoms with Crippen LogP contribution < -0.4 is 4.74 Å². The minimum absolute atomic E-state index is 0.216. The molecular formula is C13H10ClO2. The largest absolute Gasteiger partial charge is 0.456 e. The van der Waals surface area contributed by atoms with Gasteiger partial charge >= 0.3 is 0 Å². The molecule has 1 radical (unpaired) electrons. The number of halogens is 1. The van der Waals surface area contributed by atoms with E-state index in [1.165, 1.54) is 0 Å². The Balaban J connectivity index is 2.18. The number of benzene rings is 2. The first-order chi connectivity index (χ1) is 7.79. The fourth-order valence-corrected chi connectivity index (χ4v) is 1.48. The van der Waals surface area contributed by atoms with Gasteiger partial charge in [0.25, 0.3) is 0 Å². The summed E-state index contributed by atoms with van der Waals surface area (Å²) in [6, 6.07) is 14.3. The molecule has 0 aliphatic rings. The second kappa shape index (κ2) is 5.01. The van der Waals surface area contributed by atoms with Gasteiger partial charge in [0, 0.05) is 0 Å². The summed E-state index contributed by atoms with van der Waals surface area (Å²) in [7, 11) is 0. The Hall–Kier alpha value is -1.51. The first kappa shape index (κ1) is 11.0. The Kier molecular flexibility index (Phi) is 3.44. The topological polar surface area (TPSA) is 29.1 Å². The summed E-state index contributed by atoms with van der Waals surface area (Å²) < 4.78 is 5.57. The molecular weight excluding hydrogens is 224 g/mol. The van der Waals surface area contributed by atoms with E-state index in [-0.39, 0.29) is 6.61 Å². The van der Waals surface area contributed by atoms with Crippen molar-refractivity contribution < 1.29 is 9.84 Å². The highest BCUT2D eigenvalue weighted by Gasteiger charge is 2.01. The predicted molar refractivity (Wildman–Crippen MR) is 62.4 cm³/mol. The van der Waals surface area contributed by atoms with Crippen LogP contribution in [0.4, 0.5) is 0 Å². The Labute approximate surface area is 99.1 Å². The number of para-hydroxylation sites is 1. The highest BCUT2D eigenvalue weighted by Crippen LogP contribution is 2.28. The fourth-order valence-electron chi connectivity index (χ4n) is 1.31. The molecule has 0 fully saturated rings. The predicted octanol–water partition coefficient (Wildman–Crippen LogP) is 4.06. The van der Waals surface area contributed by atoms with Gasteiger partial charge in [-0.05, 0) is 29.8 Å². The maximum Gasteiger partial charge on any atom is 0.146 e. The van der Waals surface area contributed by atoms with E-state index in [2.05, 4.69) is 0 Å². The second-order valence-electron chi connectivity index (χ2n) is 3.32. The Bertz CT molecular complexity index is 466. The van der Waals surface area contributed by atoms with Gasteiger partial charge < -0.3 is 4.74 Å². The molecule has 0 saturated heterocycles. The first-order valence-corrected chi connectivity index (χ1v) is 5.27. The van der Waals surface area contributed by atoms with E-state index in [4.69, 9.17) is 16.3 Å². The summed E-state index contributed by atoms with van der Waals surface area (Å²) in [4.78, 5) is 0. The SMILES string of the molecule is [O]Cc1ccc(Oc2ccccc2Cl)cc1. The third kappa shape index (κ3) is 2.54. The molecule has 81 valence electrons. The molecule has 0 atom stereocenters. The number of hydrogen-bond donors (Lipinski definition) is 0. The van der Waals surface area contributed by atoms with Crippen LogP contribution in [0.3, 0.4) is 0 Å². The fraction of sp³-hybridized carbons (Fsp3) is 0.0769. The molecule has 0 saturated carbocycles. The highest BCUT2D eigenvalue weighted by molar-refractivity contribution is 6.32. The third-order valence-corrected chi connectivity index (χ3v) is 2.47. The van der Waals surface area contributed by atoms with Gasteiger partial charge in [-0.25, -0.2) is 5.11 Å². The van der Waals surface area contributed by atoms with Gasteiger partial charge in [0.15, 0.2) is 0 Å². The van der Waals surface area contributed by atoms with Gasteiger partial charge in [-0.1, -0.05) is 35.9 Å². The molecule has 0 N–H and O–H groups in total. The van der Waals surface area contributed by atoms with E-state index in [0.29, 0.717) is 16.5 Å². The minimum atomic E-state index is -0.216. The lowest BCUT2D eigenvalue weighted by Gasteiger charge is -2.07. The van der Waals surface area contributed by atoms with Crippen LogP contribution in [0.2, 0.25) is 5.02 Å². The highest BCUT2D eigenvalue weighted by atomic mass is 35.5. The zero-order valence-electron chi connectivity index (χ0n) is 8.52. The van der Waals surface area contributed by atoms with Crippen LogP contribution >= 0.6 is 11.6 Å². The van der Waals surface area contributed by atoms with Gasteiger partial charge in [-0.2, -0.15) is 0 Å². The van der Waals surface area contributed by atoms with Crippen molar-refractivity contribution in [3.8, 4) is 11.5 Å². The molecule has 2 aromatic rings. The summed E-state index contributed by atoms with van der Waals surface area (Å²) in [5, 5.41) is 11.2. The van der Waals surface area contributed by atoms with E-state index in [1.807, 2.05) is 12.1 Å². The zero-order valence-corrected chi connectivity index (χ0v) is 9.28. The van der Waals surface area contributed by atoms with Crippen molar-refractivity contribution in [2.24, 2.45) is 0 Å². The summed E-state index contributed by atoms with van der Waals surface area (Å²) >= 11 is 5.96. The van der Waals surface area contributed by atoms with Crippen molar-refractivity contribution in [3.05, 3.63) is 59.1 Å². The lowest BCUT2D eigenvalue weighted by molar-refractivity contribution is 0.177. The maximum atomic E-state index is 10.6. The maximum absolute atomic E-state index is 10.6. The molecule has 0 aromatic heterocycles. The summed E-state index contributed by atoms with van der Waals surface area (Å²) in [5.41, 5.74) is 0.742. The molecule has 2 aromatic carbocycles. The molecule has 0 bridgehead atoms. The molecule has 0 heterocycles. The molecule has 3 heteroatoms. The van der Waals surface area contributed by atoms with E-state index in [1.54, 1.807) is 36.4 Å². The monoisotopic (exact) mass is 233 g/mol. The normalized spacial score (nSPS) is 10.1. The lowest BCUT2D eigenvalue weighted by Crippen LogP contribution is -1.86. The van der Waals surface area contributed by atoms with Crippen LogP contribution in [0.5, 0.6) is 11.5 Å². The van der Waals surface area contributed by atoms with Gasteiger partial charge in [-0.15, -0.1) is 0 Å². The van der Waals surface area contributed by atoms with E-state index in [0.717, 1.165) is 5.56 Å². The Morgan fingerprint density at radius 1 is 1.00 bits per heavy atom. The van der Waals surface area contributed by atoms with Crippen molar-refractivity contribution in [2.45, 2.75) is 6.61 Å². The van der Waals surface area contributed by atoms with Gasteiger partial charge in [0.2, 0.25) is 0 Å². The van der Waals surface area contributed by atoms with E-state index >= 15 is 0 Å². The van der Waals surface area contributed by atoms with E-state index in [9.17, 15) is 5.11 Å². The average Bonchev–Trinajstić information content (AvgIpc) is 2.33. The third-order valence-electron chi connectivity index (χ3n) is 2.15. The zero-order chi connectivity index (χ0) is 11.4. The summed E-state index contributed by atoms with van der Waals surface area (Å²) in [6.45, 7) is -0.216. The second-order valence-corrected chi connectivity index (χ2v) is 3.73. The van der Waals surface area contributed by atoms with Gasteiger partial charge in [0.05, 0.1) is 5.02 Å². The molecule has 2 nitrogen and oxygen atoms in total. The van der Waals surface area contributed by atoms with Crippen molar-refractivity contribution in [3.63, 3.8) is 0 Å². The molecule has 0 unspecified atom stereocenters. The van der Waals surface area contributed by atoms with Crippen LogP contribution in [0, 0.1) is 0 Å². The quantitative estimate of drug-likeness (QED) is 0.786. The smallest absolute Gasteiger partial charge is 0.146 e. The van der Waals surface area contributed by atoms with Crippen LogP contribution in [0.1, 0.15) is 5.56 Å². The Morgan fingerprint density at radius 2 is 1.69 bits per heavy atom. The number of ether oxygens (including phenoxy) is 1. The van der Waals surface area contributed by atoms with Crippen LogP contribution in [0.25, 0.3) is 0 Å². The lowest BCUT2D eigenvalue weighted by atomic mass is 10.2. The average molecular weight is 234 g/mol. The number of rotatable bonds is 3. The van der Waals surface area contributed by atoms with Crippen molar-refractivity contribution in [1.82, 2.24) is 0 Å². The molecule has 0 aliphatic carbocycles. The van der Waals surface area contributed by atoms with Gasteiger partial charge in [-0.3, -0.25) is 0 Å². The molecule has 0 spiro atoms. The first-order valence-electron chi connectivity index (χ1n) is 4.89. The summed E-state index contributed by atoms with van der Waals surface area (Å²) in [5.74, 6) is 1.28. The minimum Gasteiger partial charge on any atom is -0.456 e. The van der Waals surface area contributed by atoms with Crippen LogP contribution in [-0.2, 0) is 11.7 Å². The van der Waals surface area contributed by atoms with Crippen LogP contribution in [-0.4, -0.2) is 0 Å². The molecule has 0 amide bonds.